The molecule has 1 saturated heterocycles. The first-order chi connectivity index (χ1) is 7.83. The summed E-state index contributed by atoms with van der Waals surface area (Å²) < 4.78 is 5.22. The molecular weight excluding hydrogens is 204 g/mol. The molecular formula is C11H22N4O. The molecule has 2 aliphatic rings. The molecule has 1 heterocycles. The fourth-order valence-electron chi connectivity index (χ4n) is 2.22. The molecule has 0 aromatic carbocycles. The number of nitrogens with two attached hydrogens (primary N) is 1. The van der Waals surface area contributed by atoms with Crippen LogP contribution in [0.3, 0.4) is 0 Å². The Morgan fingerprint density at radius 1 is 1.50 bits per heavy atom. The van der Waals surface area contributed by atoms with Crippen LogP contribution in [0.25, 0.3) is 0 Å². The maximum atomic E-state index is 5.55. The molecule has 5 heteroatoms. The van der Waals surface area contributed by atoms with E-state index >= 15 is 0 Å². The lowest BCUT2D eigenvalue weighted by Crippen LogP contribution is -2.49. The Labute approximate surface area is 97.0 Å². The average molecular weight is 226 g/mol. The van der Waals surface area contributed by atoms with E-state index < -0.39 is 0 Å². The number of rotatable bonds is 3. The predicted molar refractivity (Wildman–Crippen MR) is 64.0 cm³/mol. The maximum Gasteiger partial charge on any atom is 0.208 e. The van der Waals surface area contributed by atoms with Crippen molar-refractivity contribution >= 4 is 5.96 Å². The Morgan fingerprint density at radius 3 is 2.94 bits per heavy atom. The molecule has 2 rings (SSSR count). The molecule has 1 unspecified atom stereocenters. The molecule has 1 saturated carbocycles. The largest absolute Gasteiger partial charge is 0.384 e. The quantitative estimate of drug-likeness (QED) is 0.315. The Morgan fingerprint density at radius 2 is 2.31 bits per heavy atom. The number of hydrogen-bond donors (Lipinski definition) is 2. The van der Waals surface area contributed by atoms with Crippen LogP contribution in [0, 0.1) is 5.92 Å². The summed E-state index contributed by atoms with van der Waals surface area (Å²) in [7, 11) is 1.76. The van der Waals surface area contributed by atoms with E-state index in [4.69, 9.17) is 10.6 Å². The second kappa shape index (κ2) is 5.50. The highest BCUT2D eigenvalue weighted by Gasteiger charge is 2.25. The molecule has 0 amide bonds. The van der Waals surface area contributed by atoms with E-state index in [2.05, 4.69) is 15.3 Å². The standard InChI is InChI=1S/C11H22N4O/c1-16-8-9-3-2-6-15(7-9)11(14-12)13-10-4-5-10/h9-10H,2-8,12H2,1H3,(H,13,14). The van der Waals surface area contributed by atoms with Crippen molar-refractivity contribution in [3.8, 4) is 0 Å². The number of ether oxygens (including phenoxy) is 1. The van der Waals surface area contributed by atoms with Crippen LogP contribution in [0.5, 0.6) is 0 Å². The monoisotopic (exact) mass is 226 g/mol. The van der Waals surface area contributed by atoms with Crippen LogP contribution < -0.4 is 11.3 Å². The second-order valence-electron chi connectivity index (χ2n) is 4.74. The smallest absolute Gasteiger partial charge is 0.208 e. The van der Waals surface area contributed by atoms with Crippen molar-refractivity contribution in [1.29, 1.82) is 0 Å². The van der Waals surface area contributed by atoms with Gasteiger partial charge in [-0.25, -0.2) is 10.8 Å². The van der Waals surface area contributed by atoms with Crippen LogP contribution in [0.15, 0.2) is 4.99 Å². The number of methoxy groups -OCH3 is 1. The number of nitrogens with zero attached hydrogens (tertiary/aromatic N) is 2. The van der Waals surface area contributed by atoms with Gasteiger partial charge in [0.05, 0.1) is 12.6 Å². The highest BCUT2D eigenvalue weighted by molar-refractivity contribution is 5.79. The summed E-state index contributed by atoms with van der Waals surface area (Å²) in [6.07, 6.45) is 4.85. The highest BCUT2D eigenvalue weighted by Crippen LogP contribution is 2.24. The SMILES string of the molecule is COCC1CCCN(C(=NC2CC2)NN)C1. The van der Waals surface area contributed by atoms with Gasteiger partial charge >= 0.3 is 0 Å². The third-order valence-electron chi connectivity index (χ3n) is 3.20. The molecule has 0 bridgehead atoms. The van der Waals surface area contributed by atoms with Crippen molar-refractivity contribution in [1.82, 2.24) is 10.3 Å². The van der Waals surface area contributed by atoms with Crippen LogP contribution in [-0.4, -0.2) is 43.7 Å². The summed E-state index contributed by atoms with van der Waals surface area (Å²) in [5.74, 6) is 7.02. The van der Waals surface area contributed by atoms with E-state index in [0.29, 0.717) is 12.0 Å². The summed E-state index contributed by atoms with van der Waals surface area (Å²) in [6, 6.07) is 0.508. The van der Waals surface area contributed by atoms with Gasteiger partial charge in [0.2, 0.25) is 5.96 Å². The third-order valence-corrected chi connectivity index (χ3v) is 3.20. The highest BCUT2D eigenvalue weighted by atomic mass is 16.5. The van der Waals surface area contributed by atoms with Gasteiger partial charge in [-0.1, -0.05) is 0 Å². The third kappa shape index (κ3) is 3.09. The second-order valence-corrected chi connectivity index (χ2v) is 4.74. The van der Waals surface area contributed by atoms with Gasteiger partial charge in [0.25, 0.3) is 0 Å². The van der Waals surface area contributed by atoms with Crippen molar-refractivity contribution in [2.75, 3.05) is 26.8 Å². The Bertz CT molecular complexity index is 250. The summed E-state index contributed by atoms with van der Waals surface area (Å²) in [6.45, 7) is 2.89. The van der Waals surface area contributed by atoms with Crippen molar-refractivity contribution in [2.24, 2.45) is 16.8 Å². The number of guanidine groups is 1. The van der Waals surface area contributed by atoms with E-state index in [-0.39, 0.29) is 0 Å². The van der Waals surface area contributed by atoms with Crippen LogP contribution in [0.2, 0.25) is 0 Å². The molecule has 1 aliphatic heterocycles. The van der Waals surface area contributed by atoms with Crippen LogP contribution >= 0.6 is 0 Å². The molecule has 0 spiro atoms. The number of aliphatic imine (C=N–C) groups is 1. The van der Waals surface area contributed by atoms with Gasteiger partial charge in [-0.2, -0.15) is 0 Å². The summed E-state index contributed by atoms with van der Waals surface area (Å²) >= 11 is 0. The zero-order chi connectivity index (χ0) is 11.4. The van der Waals surface area contributed by atoms with Crippen molar-refractivity contribution in [2.45, 2.75) is 31.7 Å². The topological polar surface area (TPSA) is 62.9 Å². The molecule has 0 aromatic heterocycles. The molecule has 5 nitrogen and oxygen atoms in total. The molecule has 3 N–H and O–H groups in total. The molecule has 16 heavy (non-hydrogen) atoms. The van der Waals surface area contributed by atoms with Crippen molar-refractivity contribution in [3.05, 3.63) is 0 Å². The van der Waals surface area contributed by atoms with Crippen LogP contribution in [0.4, 0.5) is 0 Å². The summed E-state index contributed by atoms with van der Waals surface area (Å²) in [5.41, 5.74) is 2.74. The van der Waals surface area contributed by atoms with E-state index in [1.54, 1.807) is 7.11 Å². The van der Waals surface area contributed by atoms with Gasteiger partial charge in [-0.3, -0.25) is 5.43 Å². The zero-order valence-corrected chi connectivity index (χ0v) is 9.98. The predicted octanol–water partition coefficient (Wildman–Crippen LogP) is 0.327. The molecule has 2 fully saturated rings. The number of hydrogen-bond acceptors (Lipinski definition) is 3. The number of likely N-dealkylation sites (tertiary alicyclic amines) is 1. The number of hydrazine groups is 1. The lowest BCUT2D eigenvalue weighted by molar-refractivity contribution is 0.114. The minimum Gasteiger partial charge on any atom is -0.384 e. The summed E-state index contributed by atoms with van der Waals surface area (Å²) in [4.78, 5) is 6.85. The van der Waals surface area contributed by atoms with Crippen molar-refractivity contribution in [3.63, 3.8) is 0 Å². The number of nitrogens with one attached hydrogen (secondary N) is 1. The van der Waals surface area contributed by atoms with Gasteiger partial charge in [0.15, 0.2) is 0 Å². The fourth-order valence-corrected chi connectivity index (χ4v) is 2.22. The van der Waals surface area contributed by atoms with Gasteiger partial charge < -0.3 is 9.64 Å². The molecule has 0 radical (unpaired) electrons. The minimum atomic E-state index is 0.508. The Hall–Kier alpha value is -0.810. The summed E-state index contributed by atoms with van der Waals surface area (Å²) in [5, 5.41) is 0. The van der Waals surface area contributed by atoms with Gasteiger partial charge in [-0.05, 0) is 31.6 Å². The normalized spacial score (nSPS) is 27.0. The molecule has 1 aliphatic carbocycles. The Balaban J connectivity index is 1.90. The molecule has 1 atom stereocenters. The van der Waals surface area contributed by atoms with E-state index in [0.717, 1.165) is 25.7 Å². The molecule has 92 valence electrons. The first-order valence-corrected chi connectivity index (χ1v) is 6.11. The van der Waals surface area contributed by atoms with E-state index in [9.17, 15) is 0 Å². The lowest BCUT2D eigenvalue weighted by atomic mass is 9.99. The van der Waals surface area contributed by atoms with Crippen LogP contribution in [-0.2, 0) is 4.74 Å². The lowest BCUT2D eigenvalue weighted by Gasteiger charge is -2.34. The zero-order valence-electron chi connectivity index (χ0n) is 9.98. The molecule has 0 aromatic rings. The first kappa shape index (κ1) is 11.7. The average Bonchev–Trinajstić information content (AvgIpc) is 3.10. The van der Waals surface area contributed by atoms with E-state index in [1.807, 2.05) is 0 Å². The fraction of sp³-hybridized carbons (Fsp3) is 0.909. The minimum absolute atomic E-state index is 0.508. The first-order valence-electron chi connectivity index (χ1n) is 6.11. The maximum absolute atomic E-state index is 5.55. The van der Waals surface area contributed by atoms with Gasteiger partial charge in [0, 0.05) is 20.2 Å². The van der Waals surface area contributed by atoms with Crippen molar-refractivity contribution < 1.29 is 4.74 Å². The van der Waals surface area contributed by atoms with Gasteiger partial charge in [0.1, 0.15) is 0 Å². The number of piperidine rings is 1. The van der Waals surface area contributed by atoms with E-state index in [1.165, 1.54) is 25.7 Å². The Kier molecular flexibility index (Phi) is 4.01. The van der Waals surface area contributed by atoms with Crippen LogP contribution in [0.1, 0.15) is 25.7 Å². The van der Waals surface area contributed by atoms with Gasteiger partial charge in [-0.15, -0.1) is 0 Å².